The molecule has 0 aliphatic carbocycles. The molecule has 0 aliphatic heterocycles. The number of benzene rings is 2. The molecule has 0 aromatic heterocycles. The lowest BCUT2D eigenvalue weighted by atomic mass is 9.91. The second-order valence-corrected chi connectivity index (χ2v) is 6.67. The van der Waals surface area contributed by atoms with Gasteiger partial charge in [0.25, 0.3) is 0 Å². The SMILES string of the molecule is CN(C)[C@H](c1ccccc1Cl)[C@@H](c1ccccc1Cl)N(C)C. The molecule has 0 radical (unpaired) electrons. The van der Waals surface area contributed by atoms with Crippen LogP contribution in [0.2, 0.25) is 10.0 Å². The summed E-state index contributed by atoms with van der Waals surface area (Å²) < 4.78 is 0. The third-order valence-electron chi connectivity index (χ3n) is 3.86. The quantitative estimate of drug-likeness (QED) is 0.766. The molecule has 2 nitrogen and oxygen atoms in total. The molecule has 0 saturated heterocycles. The molecule has 2 aromatic carbocycles. The standard InChI is InChI=1S/C18H22Cl2N2/c1-21(2)17(13-9-5-7-11-15(13)19)18(22(3)4)14-10-6-8-12-16(14)20/h5-12,17-18H,1-4H3/t17-,18-/m1/s1. The van der Waals surface area contributed by atoms with Gasteiger partial charge in [0, 0.05) is 10.0 Å². The predicted octanol–water partition coefficient (Wildman–Crippen LogP) is 4.90. The first kappa shape index (κ1) is 17.3. The summed E-state index contributed by atoms with van der Waals surface area (Å²) in [5.74, 6) is 0. The molecule has 22 heavy (non-hydrogen) atoms. The molecule has 4 heteroatoms. The van der Waals surface area contributed by atoms with Crippen LogP contribution in [0, 0.1) is 0 Å². The van der Waals surface area contributed by atoms with Crippen LogP contribution in [0.25, 0.3) is 0 Å². The smallest absolute Gasteiger partial charge is 0.0555 e. The predicted molar refractivity (Wildman–Crippen MR) is 95.8 cm³/mol. The van der Waals surface area contributed by atoms with Crippen LogP contribution in [0.3, 0.4) is 0 Å². The zero-order valence-corrected chi connectivity index (χ0v) is 14.9. The Morgan fingerprint density at radius 3 is 1.23 bits per heavy atom. The summed E-state index contributed by atoms with van der Waals surface area (Å²) in [5.41, 5.74) is 2.21. The van der Waals surface area contributed by atoms with Crippen LogP contribution >= 0.6 is 23.2 Å². The van der Waals surface area contributed by atoms with Crippen molar-refractivity contribution in [2.75, 3.05) is 28.2 Å². The van der Waals surface area contributed by atoms with Crippen LogP contribution in [-0.4, -0.2) is 38.0 Å². The molecule has 0 fully saturated rings. The second-order valence-electron chi connectivity index (χ2n) is 5.86. The van der Waals surface area contributed by atoms with Gasteiger partial charge in [-0.1, -0.05) is 59.6 Å². The highest BCUT2D eigenvalue weighted by molar-refractivity contribution is 6.31. The van der Waals surface area contributed by atoms with Gasteiger partial charge in [0.15, 0.2) is 0 Å². The van der Waals surface area contributed by atoms with E-state index >= 15 is 0 Å². The average Bonchev–Trinajstić information content (AvgIpc) is 2.46. The van der Waals surface area contributed by atoms with Crippen molar-refractivity contribution in [3.05, 3.63) is 69.7 Å². The number of hydrogen-bond acceptors (Lipinski definition) is 2. The van der Waals surface area contributed by atoms with E-state index in [1.165, 1.54) is 0 Å². The van der Waals surface area contributed by atoms with Crippen molar-refractivity contribution in [2.24, 2.45) is 0 Å². The van der Waals surface area contributed by atoms with E-state index in [-0.39, 0.29) is 12.1 Å². The molecule has 2 rings (SSSR count). The molecule has 0 amide bonds. The van der Waals surface area contributed by atoms with Crippen LogP contribution in [0.1, 0.15) is 23.2 Å². The largest absolute Gasteiger partial charge is 0.301 e. The van der Waals surface area contributed by atoms with Gasteiger partial charge in [0.1, 0.15) is 0 Å². The lowest BCUT2D eigenvalue weighted by Crippen LogP contribution is -2.34. The average molecular weight is 337 g/mol. The van der Waals surface area contributed by atoms with Crippen LogP contribution in [0.5, 0.6) is 0 Å². The maximum absolute atomic E-state index is 6.46. The first-order valence-electron chi connectivity index (χ1n) is 7.25. The van der Waals surface area contributed by atoms with Gasteiger partial charge in [0.05, 0.1) is 12.1 Å². The molecule has 0 N–H and O–H groups in total. The fraction of sp³-hybridized carbons (Fsp3) is 0.333. The Morgan fingerprint density at radius 2 is 0.955 bits per heavy atom. The minimum absolute atomic E-state index is 0.101. The van der Waals surface area contributed by atoms with Gasteiger partial charge in [-0.25, -0.2) is 0 Å². The van der Waals surface area contributed by atoms with E-state index in [1.807, 2.05) is 36.4 Å². The molecule has 2 aromatic rings. The maximum atomic E-state index is 6.46. The molecular formula is C18H22Cl2N2. The summed E-state index contributed by atoms with van der Waals surface area (Å²) in [6, 6.07) is 16.2. The van der Waals surface area contributed by atoms with Crippen molar-refractivity contribution in [1.82, 2.24) is 9.80 Å². The van der Waals surface area contributed by atoms with Crippen molar-refractivity contribution in [1.29, 1.82) is 0 Å². The highest BCUT2D eigenvalue weighted by Crippen LogP contribution is 2.41. The Kier molecular flexibility index (Phi) is 5.87. The van der Waals surface area contributed by atoms with E-state index < -0.39 is 0 Å². The van der Waals surface area contributed by atoms with Crippen molar-refractivity contribution in [3.8, 4) is 0 Å². The number of rotatable bonds is 5. The summed E-state index contributed by atoms with van der Waals surface area (Å²) in [6.45, 7) is 0. The minimum Gasteiger partial charge on any atom is -0.301 e. The van der Waals surface area contributed by atoms with E-state index in [4.69, 9.17) is 23.2 Å². The van der Waals surface area contributed by atoms with Gasteiger partial charge in [-0.2, -0.15) is 0 Å². The minimum atomic E-state index is 0.101. The van der Waals surface area contributed by atoms with Crippen molar-refractivity contribution in [3.63, 3.8) is 0 Å². The summed E-state index contributed by atoms with van der Waals surface area (Å²) >= 11 is 12.9. The fourth-order valence-corrected chi connectivity index (χ4v) is 3.39. The summed E-state index contributed by atoms with van der Waals surface area (Å²) in [5, 5.41) is 1.56. The van der Waals surface area contributed by atoms with Gasteiger partial charge in [0.2, 0.25) is 0 Å². The Morgan fingerprint density at radius 1 is 0.636 bits per heavy atom. The zero-order valence-electron chi connectivity index (χ0n) is 13.4. The molecular weight excluding hydrogens is 315 g/mol. The van der Waals surface area contributed by atoms with E-state index in [2.05, 4.69) is 50.1 Å². The lowest BCUT2D eigenvalue weighted by Gasteiger charge is -2.38. The Balaban J connectivity index is 2.57. The van der Waals surface area contributed by atoms with Gasteiger partial charge < -0.3 is 9.80 Å². The lowest BCUT2D eigenvalue weighted by molar-refractivity contribution is 0.152. The van der Waals surface area contributed by atoms with Crippen molar-refractivity contribution < 1.29 is 0 Å². The first-order chi connectivity index (χ1) is 10.4. The van der Waals surface area contributed by atoms with Crippen LogP contribution in [0.15, 0.2) is 48.5 Å². The number of halogens is 2. The highest BCUT2D eigenvalue weighted by atomic mass is 35.5. The van der Waals surface area contributed by atoms with E-state index in [0.717, 1.165) is 21.2 Å². The topological polar surface area (TPSA) is 6.48 Å². The molecule has 0 heterocycles. The third kappa shape index (κ3) is 3.64. The molecule has 0 spiro atoms. The van der Waals surface area contributed by atoms with Crippen molar-refractivity contribution in [2.45, 2.75) is 12.1 Å². The van der Waals surface area contributed by atoms with Gasteiger partial charge in [-0.15, -0.1) is 0 Å². The Bertz CT molecular complexity index is 570. The van der Waals surface area contributed by atoms with E-state index in [0.29, 0.717) is 0 Å². The Labute approximate surface area is 143 Å². The molecule has 118 valence electrons. The van der Waals surface area contributed by atoms with Gasteiger partial charge in [-0.3, -0.25) is 0 Å². The van der Waals surface area contributed by atoms with Gasteiger partial charge >= 0.3 is 0 Å². The normalized spacial score (nSPS) is 14.4. The van der Waals surface area contributed by atoms with E-state index in [9.17, 15) is 0 Å². The number of nitrogens with zero attached hydrogens (tertiary/aromatic N) is 2. The molecule has 0 bridgehead atoms. The van der Waals surface area contributed by atoms with Crippen molar-refractivity contribution >= 4 is 23.2 Å². The maximum Gasteiger partial charge on any atom is 0.0555 e. The zero-order chi connectivity index (χ0) is 16.3. The van der Waals surface area contributed by atoms with E-state index in [1.54, 1.807) is 0 Å². The van der Waals surface area contributed by atoms with Crippen LogP contribution in [0.4, 0.5) is 0 Å². The highest BCUT2D eigenvalue weighted by Gasteiger charge is 2.31. The fourth-order valence-electron chi connectivity index (χ4n) is 2.89. The van der Waals surface area contributed by atoms with Crippen LogP contribution < -0.4 is 0 Å². The molecule has 2 atom stereocenters. The summed E-state index contributed by atoms with van der Waals surface area (Å²) in [6.07, 6.45) is 0. The van der Waals surface area contributed by atoms with Crippen LogP contribution in [-0.2, 0) is 0 Å². The molecule has 0 unspecified atom stereocenters. The van der Waals surface area contributed by atoms with Gasteiger partial charge in [-0.05, 0) is 51.5 Å². The number of likely N-dealkylation sites (N-methyl/N-ethyl adjacent to an activating group) is 2. The molecule has 0 aliphatic rings. The second kappa shape index (κ2) is 7.47. The summed E-state index contributed by atoms with van der Waals surface area (Å²) in [7, 11) is 8.28. The Hall–Kier alpha value is -1.06. The number of hydrogen-bond donors (Lipinski definition) is 0. The summed E-state index contributed by atoms with van der Waals surface area (Å²) in [4.78, 5) is 4.38. The monoisotopic (exact) mass is 336 g/mol. The molecule has 0 saturated carbocycles. The third-order valence-corrected chi connectivity index (χ3v) is 4.55. The first-order valence-corrected chi connectivity index (χ1v) is 8.00.